The number of fused-ring (bicyclic) bond motifs is 1. The van der Waals surface area contributed by atoms with Gasteiger partial charge in [0.2, 0.25) is 0 Å². The van der Waals surface area contributed by atoms with Crippen LogP contribution in [0.1, 0.15) is 5.56 Å². The molecule has 5 nitrogen and oxygen atoms in total. The molecule has 2 aromatic carbocycles. The molecular weight excluding hydrogens is 362 g/mol. The van der Waals surface area contributed by atoms with Crippen molar-refractivity contribution in [2.24, 2.45) is 0 Å². The van der Waals surface area contributed by atoms with Crippen molar-refractivity contribution in [3.8, 4) is 11.3 Å². The van der Waals surface area contributed by atoms with Gasteiger partial charge in [0, 0.05) is 23.6 Å². The number of carbonyl (C=O) groups is 1. The van der Waals surface area contributed by atoms with Crippen LogP contribution >= 0.6 is 0 Å². The van der Waals surface area contributed by atoms with E-state index >= 15 is 0 Å². The summed E-state index contributed by atoms with van der Waals surface area (Å²) < 4.78 is 29.2. The van der Waals surface area contributed by atoms with Crippen molar-refractivity contribution >= 4 is 23.1 Å². The Kier molecular flexibility index (Phi) is 4.49. The molecule has 0 aliphatic rings. The van der Waals surface area contributed by atoms with Crippen molar-refractivity contribution < 1.29 is 13.6 Å². The predicted octanol–water partition coefficient (Wildman–Crippen LogP) is 5.23. The molecule has 4 rings (SSSR count). The molecule has 2 heterocycles. The number of hydrogen-bond donors (Lipinski definition) is 2. The number of hydrogen-bond acceptors (Lipinski definition) is 2. The Morgan fingerprint density at radius 3 is 2.36 bits per heavy atom. The normalized spacial score (nSPS) is 10.8. The molecule has 0 aliphatic heterocycles. The van der Waals surface area contributed by atoms with Gasteiger partial charge in [0.1, 0.15) is 23.0 Å². The van der Waals surface area contributed by atoms with Crippen LogP contribution in [0.2, 0.25) is 0 Å². The van der Waals surface area contributed by atoms with Crippen LogP contribution in [0, 0.1) is 18.6 Å². The third kappa shape index (κ3) is 3.42. The van der Waals surface area contributed by atoms with Gasteiger partial charge in [0.25, 0.3) is 0 Å². The number of amides is 2. The van der Waals surface area contributed by atoms with Crippen molar-refractivity contribution in [3.05, 3.63) is 84.2 Å². The Hall–Kier alpha value is -3.74. The van der Waals surface area contributed by atoms with Crippen molar-refractivity contribution in [1.82, 2.24) is 9.38 Å². The first kappa shape index (κ1) is 17.7. The van der Waals surface area contributed by atoms with Crippen LogP contribution in [0.3, 0.4) is 0 Å². The highest BCUT2D eigenvalue weighted by Gasteiger charge is 2.12. The maximum absolute atomic E-state index is 13.6. The summed E-state index contributed by atoms with van der Waals surface area (Å²) in [5.41, 5.74) is 3.64. The Morgan fingerprint density at radius 1 is 0.964 bits per heavy atom. The first-order chi connectivity index (χ1) is 13.5. The van der Waals surface area contributed by atoms with Crippen LogP contribution in [0.4, 0.5) is 25.0 Å². The molecule has 0 unspecified atom stereocenters. The molecule has 0 fully saturated rings. The average molecular weight is 378 g/mol. The van der Waals surface area contributed by atoms with E-state index in [4.69, 9.17) is 0 Å². The van der Waals surface area contributed by atoms with E-state index in [0.717, 1.165) is 34.6 Å². The molecule has 0 spiro atoms. The molecule has 0 saturated heterocycles. The number of nitrogens with zero attached hydrogens (tertiary/aromatic N) is 2. The molecule has 2 N–H and O–H groups in total. The quantitative estimate of drug-likeness (QED) is 0.513. The van der Waals surface area contributed by atoms with E-state index in [1.54, 1.807) is 12.1 Å². The van der Waals surface area contributed by atoms with Crippen LogP contribution in [0.25, 0.3) is 16.9 Å². The zero-order chi connectivity index (χ0) is 19.7. The van der Waals surface area contributed by atoms with Crippen LogP contribution < -0.4 is 10.6 Å². The predicted molar refractivity (Wildman–Crippen MR) is 104 cm³/mol. The summed E-state index contributed by atoms with van der Waals surface area (Å²) in [6.07, 6.45) is 3.86. The zero-order valence-electron chi connectivity index (χ0n) is 14.9. The number of anilines is 2. The first-order valence-electron chi connectivity index (χ1n) is 8.58. The number of nitrogens with one attached hydrogen (secondary N) is 2. The van der Waals surface area contributed by atoms with Gasteiger partial charge < -0.3 is 15.0 Å². The van der Waals surface area contributed by atoms with Crippen molar-refractivity contribution in [3.63, 3.8) is 0 Å². The molecule has 140 valence electrons. The number of aryl methyl sites for hydroxylation is 1. The molecule has 2 aromatic heterocycles. The summed E-state index contributed by atoms with van der Waals surface area (Å²) in [6.45, 7) is 2.00. The molecular formula is C21H16F2N4O. The number of urea groups is 1. The smallest absolute Gasteiger partial charge is 0.308 e. The minimum Gasteiger partial charge on any atom is -0.308 e. The fourth-order valence-electron chi connectivity index (χ4n) is 2.91. The second-order valence-corrected chi connectivity index (χ2v) is 6.30. The van der Waals surface area contributed by atoms with Gasteiger partial charge in [-0.15, -0.1) is 0 Å². The number of rotatable bonds is 3. The lowest BCUT2D eigenvalue weighted by molar-refractivity contribution is 0.262. The highest BCUT2D eigenvalue weighted by atomic mass is 19.1. The van der Waals surface area contributed by atoms with Crippen LogP contribution in [0.15, 0.2) is 67.0 Å². The largest absolute Gasteiger partial charge is 0.323 e. The summed E-state index contributed by atoms with van der Waals surface area (Å²) in [5.74, 6) is -1.68. The molecule has 0 aliphatic carbocycles. The fraction of sp³-hybridized carbons (Fsp3) is 0.0476. The Bertz CT molecular complexity index is 1150. The van der Waals surface area contributed by atoms with E-state index in [2.05, 4.69) is 15.6 Å². The number of benzene rings is 2. The second-order valence-electron chi connectivity index (χ2n) is 6.30. The van der Waals surface area contributed by atoms with Gasteiger partial charge in [-0.3, -0.25) is 0 Å². The van der Waals surface area contributed by atoms with E-state index in [0.29, 0.717) is 5.69 Å². The van der Waals surface area contributed by atoms with E-state index in [-0.39, 0.29) is 0 Å². The number of pyridine rings is 1. The number of carbonyl (C=O) groups excluding carboxylic acids is 1. The summed E-state index contributed by atoms with van der Waals surface area (Å²) in [5, 5.41) is 4.73. The average Bonchev–Trinajstić information content (AvgIpc) is 3.11. The van der Waals surface area contributed by atoms with E-state index < -0.39 is 23.4 Å². The monoisotopic (exact) mass is 378 g/mol. The summed E-state index contributed by atoms with van der Waals surface area (Å²) in [7, 11) is 0. The molecule has 2 amide bonds. The lowest BCUT2D eigenvalue weighted by Gasteiger charge is -2.09. The van der Waals surface area contributed by atoms with Gasteiger partial charge >= 0.3 is 6.03 Å². The lowest BCUT2D eigenvalue weighted by Crippen LogP contribution is -2.20. The molecule has 7 heteroatoms. The summed E-state index contributed by atoms with van der Waals surface area (Å²) in [6, 6.07) is 13.6. The fourth-order valence-corrected chi connectivity index (χ4v) is 2.91. The Balaban J connectivity index is 1.50. The van der Waals surface area contributed by atoms with E-state index in [9.17, 15) is 13.6 Å². The van der Waals surface area contributed by atoms with Gasteiger partial charge in [0.05, 0.1) is 5.69 Å². The van der Waals surface area contributed by atoms with Crippen LogP contribution in [0.5, 0.6) is 0 Å². The topological polar surface area (TPSA) is 58.4 Å². The molecule has 0 radical (unpaired) electrons. The summed E-state index contributed by atoms with van der Waals surface area (Å²) >= 11 is 0. The molecule has 0 saturated carbocycles. The lowest BCUT2D eigenvalue weighted by atomic mass is 10.1. The SMILES string of the molecule is Cc1cccn2cc(-c3ccc(NC(=O)Nc4c(F)cccc4F)cc3)nc12. The van der Waals surface area contributed by atoms with Crippen molar-refractivity contribution in [1.29, 1.82) is 0 Å². The Labute approximate surface area is 159 Å². The number of imidazole rings is 1. The number of para-hydroxylation sites is 1. The minimum absolute atomic E-state index is 0.484. The number of halogens is 2. The first-order valence-corrected chi connectivity index (χ1v) is 8.58. The van der Waals surface area contributed by atoms with Gasteiger partial charge in [-0.05, 0) is 42.8 Å². The molecule has 28 heavy (non-hydrogen) atoms. The highest BCUT2D eigenvalue weighted by molar-refractivity contribution is 6.00. The van der Waals surface area contributed by atoms with E-state index in [1.165, 1.54) is 6.07 Å². The minimum atomic E-state index is -0.840. The van der Waals surface area contributed by atoms with Crippen LogP contribution in [-0.2, 0) is 0 Å². The van der Waals surface area contributed by atoms with Gasteiger partial charge in [-0.1, -0.05) is 24.3 Å². The van der Waals surface area contributed by atoms with Gasteiger partial charge in [0.15, 0.2) is 0 Å². The molecule has 0 bridgehead atoms. The van der Waals surface area contributed by atoms with Gasteiger partial charge in [-0.2, -0.15) is 0 Å². The van der Waals surface area contributed by atoms with E-state index in [1.807, 2.05) is 48.0 Å². The van der Waals surface area contributed by atoms with Gasteiger partial charge in [-0.25, -0.2) is 18.6 Å². The zero-order valence-corrected chi connectivity index (χ0v) is 14.9. The third-order valence-electron chi connectivity index (χ3n) is 4.32. The molecule has 0 atom stereocenters. The van der Waals surface area contributed by atoms with Crippen molar-refractivity contribution in [2.45, 2.75) is 6.92 Å². The second kappa shape index (κ2) is 7.11. The molecule has 4 aromatic rings. The number of aromatic nitrogens is 2. The highest BCUT2D eigenvalue weighted by Crippen LogP contribution is 2.23. The van der Waals surface area contributed by atoms with Crippen LogP contribution in [-0.4, -0.2) is 15.4 Å². The maximum Gasteiger partial charge on any atom is 0.323 e. The third-order valence-corrected chi connectivity index (χ3v) is 4.32. The Morgan fingerprint density at radius 2 is 1.68 bits per heavy atom. The summed E-state index contributed by atoms with van der Waals surface area (Å²) in [4.78, 5) is 16.7. The maximum atomic E-state index is 13.6. The standard InChI is InChI=1S/C21H16F2N4O/c1-13-4-3-11-27-12-18(25-20(13)27)14-7-9-15(10-8-14)24-21(28)26-19-16(22)5-2-6-17(19)23/h2-12H,1H3,(H2,24,26,28). The van der Waals surface area contributed by atoms with Crippen molar-refractivity contribution in [2.75, 3.05) is 10.6 Å².